The van der Waals surface area contributed by atoms with Gasteiger partial charge in [0.1, 0.15) is 11.3 Å². The fourth-order valence-corrected chi connectivity index (χ4v) is 3.82. The van der Waals surface area contributed by atoms with Gasteiger partial charge in [0.25, 0.3) is 5.91 Å². The lowest BCUT2D eigenvalue weighted by Crippen LogP contribution is -2.38. The molecule has 0 bridgehead atoms. The monoisotopic (exact) mass is 370 g/mol. The summed E-state index contributed by atoms with van der Waals surface area (Å²) in [5.41, 5.74) is 2.12. The summed E-state index contributed by atoms with van der Waals surface area (Å²) >= 11 is 0. The summed E-state index contributed by atoms with van der Waals surface area (Å²) in [6.07, 6.45) is 7.54. The second-order valence-corrected chi connectivity index (χ2v) is 7.63. The Labute approximate surface area is 161 Å². The van der Waals surface area contributed by atoms with Crippen LogP contribution in [0.15, 0.2) is 24.4 Å². The maximum absolute atomic E-state index is 12.5. The number of rotatable bonds is 7. The largest absolute Gasteiger partial charge is 0.351 e. The number of likely N-dealkylation sites (tertiary alicyclic amines) is 1. The fourth-order valence-electron chi connectivity index (χ4n) is 3.82. The van der Waals surface area contributed by atoms with Crippen molar-refractivity contribution >= 4 is 17.5 Å². The number of carbonyl (C=O) groups is 2. The standard InChI is InChI=1S/C21H30N4O2/c1-16-9-8-13-24(15-16)19(26)11-4-3-6-12-22-21(27)20-17(2)23-18-10-5-7-14-25(18)20/h5,7,10,14,16H,3-4,6,8-9,11-13,15H2,1-2H3,(H,22,27). The molecule has 0 saturated carbocycles. The second kappa shape index (κ2) is 9.02. The van der Waals surface area contributed by atoms with Gasteiger partial charge in [-0.15, -0.1) is 0 Å². The predicted molar refractivity (Wildman–Crippen MR) is 106 cm³/mol. The highest BCUT2D eigenvalue weighted by Crippen LogP contribution is 2.17. The first kappa shape index (κ1) is 19.4. The van der Waals surface area contributed by atoms with Gasteiger partial charge in [-0.1, -0.05) is 19.4 Å². The number of nitrogens with zero attached hydrogens (tertiary/aromatic N) is 3. The Morgan fingerprint density at radius 3 is 2.93 bits per heavy atom. The number of piperidine rings is 1. The molecule has 1 N–H and O–H groups in total. The van der Waals surface area contributed by atoms with E-state index in [2.05, 4.69) is 17.2 Å². The lowest BCUT2D eigenvalue weighted by atomic mass is 10.00. The summed E-state index contributed by atoms with van der Waals surface area (Å²) in [6, 6.07) is 5.70. The molecular weight excluding hydrogens is 340 g/mol. The number of hydrogen-bond donors (Lipinski definition) is 1. The van der Waals surface area contributed by atoms with Crippen LogP contribution in [0, 0.1) is 12.8 Å². The van der Waals surface area contributed by atoms with Crippen LogP contribution in [0.4, 0.5) is 0 Å². The average Bonchev–Trinajstić information content (AvgIpc) is 3.00. The number of aromatic nitrogens is 2. The van der Waals surface area contributed by atoms with E-state index in [1.165, 1.54) is 6.42 Å². The van der Waals surface area contributed by atoms with E-state index in [0.717, 1.165) is 50.1 Å². The third kappa shape index (κ3) is 4.87. The number of hydrogen-bond acceptors (Lipinski definition) is 3. The van der Waals surface area contributed by atoms with Gasteiger partial charge >= 0.3 is 0 Å². The van der Waals surface area contributed by atoms with Crippen molar-refractivity contribution in [1.29, 1.82) is 0 Å². The topological polar surface area (TPSA) is 66.7 Å². The van der Waals surface area contributed by atoms with Gasteiger partial charge in [-0.2, -0.15) is 0 Å². The van der Waals surface area contributed by atoms with Crippen LogP contribution in [0.3, 0.4) is 0 Å². The number of nitrogens with one attached hydrogen (secondary N) is 1. The Balaban J connectivity index is 1.37. The van der Waals surface area contributed by atoms with Crippen LogP contribution in [0.5, 0.6) is 0 Å². The van der Waals surface area contributed by atoms with Gasteiger partial charge < -0.3 is 10.2 Å². The lowest BCUT2D eigenvalue weighted by molar-refractivity contribution is -0.133. The van der Waals surface area contributed by atoms with E-state index in [1.54, 1.807) is 0 Å². The number of carbonyl (C=O) groups excluding carboxylic acids is 2. The minimum atomic E-state index is -0.0930. The highest BCUT2D eigenvalue weighted by molar-refractivity contribution is 5.94. The zero-order chi connectivity index (χ0) is 19.2. The maximum Gasteiger partial charge on any atom is 0.270 e. The van der Waals surface area contributed by atoms with E-state index in [9.17, 15) is 9.59 Å². The number of pyridine rings is 1. The molecule has 1 atom stereocenters. The van der Waals surface area contributed by atoms with Crippen molar-refractivity contribution in [1.82, 2.24) is 19.6 Å². The minimum absolute atomic E-state index is 0.0930. The molecule has 146 valence electrons. The molecule has 1 saturated heterocycles. The van der Waals surface area contributed by atoms with E-state index in [0.29, 0.717) is 24.6 Å². The van der Waals surface area contributed by atoms with Gasteiger partial charge in [0.15, 0.2) is 0 Å². The molecule has 0 aromatic carbocycles. The Morgan fingerprint density at radius 2 is 2.11 bits per heavy atom. The summed E-state index contributed by atoms with van der Waals surface area (Å²) in [7, 11) is 0. The molecule has 3 rings (SSSR count). The number of amides is 2. The zero-order valence-corrected chi connectivity index (χ0v) is 16.4. The van der Waals surface area contributed by atoms with Gasteiger partial charge in [-0.25, -0.2) is 4.98 Å². The molecule has 3 heterocycles. The van der Waals surface area contributed by atoms with E-state index in [4.69, 9.17) is 0 Å². The van der Waals surface area contributed by atoms with Crippen LogP contribution < -0.4 is 5.32 Å². The molecule has 2 aromatic rings. The van der Waals surface area contributed by atoms with Crippen molar-refractivity contribution in [3.05, 3.63) is 35.8 Å². The summed E-state index contributed by atoms with van der Waals surface area (Å²) in [6.45, 7) is 6.52. The molecule has 6 nitrogen and oxygen atoms in total. The molecule has 1 aliphatic rings. The average molecular weight is 370 g/mol. The van der Waals surface area contributed by atoms with Gasteiger partial charge in [0, 0.05) is 32.3 Å². The molecule has 1 unspecified atom stereocenters. The number of fused-ring (bicyclic) bond motifs is 1. The lowest BCUT2D eigenvalue weighted by Gasteiger charge is -2.31. The molecule has 0 aliphatic carbocycles. The van der Waals surface area contributed by atoms with E-state index in [-0.39, 0.29) is 11.8 Å². The first-order valence-corrected chi connectivity index (χ1v) is 10.1. The molecule has 2 aromatic heterocycles. The van der Waals surface area contributed by atoms with Crippen molar-refractivity contribution in [3.8, 4) is 0 Å². The van der Waals surface area contributed by atoms with Crippen LogP contribution in [-0.4, -0.2) is 45.7 Å². The second-order valence-electron chi connectivity index (χ2n) is 7.63. The molecule has 27 heavy (non-hydrogen) atoms. The molecule has 2 amide bonds. The Bertz CT molecular complexity index is 799. The SMILES string of the molecule is Cc1nc2ccccn2c1C(=O)NCCCCCC(=O)N1CCCC(C)C1. The highest BCUT2D eigenvalue weighted by atomic mass is 16.2. The summed E-state index contributed by atoms with van der Waals surface area (Å²) < 4.78 is 1.82. The van der Waals surface area contributed by atoms with E-state index < -0.39 is 0 Å². The maximum atomic E-state index is 12.5. The van der Waals surface area contributed by atoms with Crippen LogP contribution in [-0.2, 0) is 4.79 Å². The van der Waals surface area contributed by atoms with Crippen LogP contribution in [0.25, 0.3) is 5.65 Å². The molecule has 0 spiro atoms. The normalized spacial score (nSPS) is 17.3. The summed E-state index contributed by atoms with van der Waals surface area (Å²) in [5, 5.41) is 2.98. The highest BCUT2D eigenvalue weighted by Gasteiger charge is 2.20. The molecule has 1 aliphatic heterocycles. The van der Waals surface area contributed by atoms with Crippen molar-refractivity contribution < 1.29 is 9.59 Å². The van der Waals surface area contributed by atoms with Gasteiger partial charge in [-0.05, 0) is 50.7 Å². The Kier molecular flexibility index (Phi) is 6.48. The minimum Gasteiger partial charge on any atom is -0.351 e. The summed E-state index contributed by atoms with van der Waals surface area (Å²) in [5.74, 6) is 0.817. The quantitative estimate of drug-likeness (QED) is 0.761. The van der Waals surface area contributed by atoms with Gasteiger partial charge in [-0.3, -0.25) is 14.0 Å². The van der Waals surface area contributed by atoms with Gasteiger partial charge in [0.2, 0.25) is 5.91 Å². The van der Waals surface area contributed by atoms with Gasteiger partial charge in [0.05, 0.1) is 5.69 Å². The van der Waals surface area contributed by atoms with Crippen LogP contribution in [0.2, 0.25) is 0 Å². The van der Waals surface area contributed by atoms with Crippen molar-refractivity contribution in [2.24, 2.45) is 5.92 Å². The number of unbranched alkanes of at least 4 members (excludes halogenated alkanes) is 2. The molecule has 0 radical (unpaired) electrons. The number of aryl methyl sites for hydroxylation is 1. The third-order valence-electron chi connectivity index (χ3n) is 5.28. The Morgan fingerprint density at radius 1 is 1.26 bits per heavy atom. The third-order valence-corrected chi connectivity index (χ3v) is 5.28. The molecule has 1 fully saturated rings. The first-order valence-electron chi connectivity index (χ1n) is 10.1. The molecule has 6 heteroatoms. The zero-order valence-electron chi connectivity index (χ0n) is 16.4. The van der Waals surface area contributed by atoms with E-state index >= 15 is 0 Å². The van der Waals surface area contributed by atoms with Crippen molar-refractivity contribution in [2.75, 3.05) is 19.6 Å². The van der Waals surface area contributed by atoms with Crippen LogP contribution in [0.1, 0.15) is 61.6 Å². The predicted octanol–water partition coefficient (Wildman–Crippen LogP) is 3.19. The Hall–Kier alpha value is -2.37. The van der Waals surface area contributed by atoms with Crippen molar-refractivity contribution in [3.63, 3.8) is 0 Å². The fraction of sp³-hybridized carbons (Fsp3) is 0.571. The van der Waals surface area contributed by atoms with E-state index in [1.807, 2.05) is 40.6 Å². The molecular formula is C21H30N4O2. The summed E-state index contributed by atoms with van der Waals surface area (Å²) in [4.78, 5) is 31.2. The number of imidazole rings is 1. The van der Waals surface area contributed by atoms with Crippen molar-refractivity contribution in [2.45, 2.75) is 52.4 Å². The first-order chi connectivity index (χ1) is 13.1. The van der Waals surface area contributed by atoms with Crippen LogP contribution >= 0.6 is 0 Å². The smallest absolute Gasteiger partial charge is 0.270 e.